The maximum absolute atomic E-state index is 6.27. The fraction of sp³-hybridized carbons (Fsp3) is 0.381. The zero-order valence-corrected chi connectivity index (χ0v) is 20.4. The predicted molar refractivity (Wildman–Crippen MR) is 133 cm³/mol. The molecule has 3 rings (SSSR count). The minimum absolute atomic E-state index is 0. The van der Waals surface area contributed by atoms with E-state index in [0.717, 1.165) is 36.5 Å². The lowest BCUT2D eigenvalue weighted by Gasteiger charge is -2.21. The second kappa shape index (κ2) is 11.1. The molecule has 0 amide bonds. The first-order chi connectivity index (χ1) is 13.5. The second-order valence-corrected chi connectivity index (χ2v) is 7.87. The fourth-order valence-corrected chi connectivity index (χ4v) is 4.09. The lowest BCUT2D eigenvalue weighted by Crippen LogP contribution is -2.34. The van der Waals surface area contributed by atoms with Crippen molar-refractivity contribution in [2.24, 2.45) is 16.6 Å². The van der Waals surface area contributed by atoms with Crippen LogP contribution in [0.5, 0.6) is 5.75 Å². The van der Waals surface area contributed by atoms with Gasteiger partial charge in [0.2, 0.25) is 0 Å². The molecule has 0 aliphatic carbocycles. The number of nitrogens with zero attached hydrogens (tertiary/aromatic N) is 2. The maximum Gasteiger partial charge on any atom is 0.189 e. The van der Waals surface area contributed by atoms with Gasteiger partial charge in [-0.2, -0.15) is 0 Å². The van der Waals surface area contributed by atoms with E-state index in [1.807, 2.05) is 37.3 Å². The quantitative estimate of drug-likeness (QED) is 0.299. The number of benzene rings is 2. The number of para-hydroxylation sites is 2. The standard InChI is InChI=1S/C21H26Cl2N4O.HI/c1-14(17-8-7-16(22)11-18(17)23)26-21(24)25-12-15-9-10-27(13-15)19-5-3-4-6-20(19)28-2;/h3-8,11,14-15H,9-10,12-13H2,1-2H3,(H3,24,25,26);1H. The molecule has 29 heavy (non-hydrogen) atoms. The minimum atomic E-state index is -0.0535. The molecular weight excluding hydrogens is 522 g/mol. The number of nitrogens with two attached hydrogens (primary N) is 1. The number of hydrogen-bond donors (Lipinski definition) is 2. The molecule has 1 aliphatic rings. The van der Waals surface area contributed by atoms with Crippen molar-refractivity contribution in [2.45, 2.75) is 19.4 Å². The minimum Gasteiger partial charge on any atom is -0.495 e. The number of nitrogens with one attached hydrogen (secondary N) is 1. The van der Waals surface area contributed by atoms with Crippen molar-refractivity contribution in [1.29, 1.82) is 0 Å². The molecule has 3 N–H and O–H groups in total. The van der Waals surface area contributed by atoms with Crippen LogP contribution < -0.4 is 20.7 Å². The Bertz CT molecular complexity index is 849. The average Bonchev–Trinajstić information content (AvgIpc) is 3.15. The summed E-state index contributed by atoms with van der Waals surface area (Å²) in [5.41, 5.74) is 8.17. The molecular formula is C21H27Cl2IN4O. The van der Waals surface area contributed by atoms with E-state index in [-0.39, 0.29) is 30.0 Å². The first kappa shape index (κ1) is 23.9. The molecule has 0 bridgehead atoms. The average molecular weight is 549 g/mol. The Morgan fingerprint density at radius 2 is 2.07 bits per heavy atom. The van der Waals surface area contributed by atoms with E-state index in [4.69, 9.17) is 33.7 Å². The van der Waals surface area contributed by atoms with Gasteiger partial charge in [-0.3, -0.25) is 4.99 Å². The van der Waals surface area contributed by atoms with Gasteiger partial charge in [0.25, 0.3) is 0 Å². The van der Waals surface area contributed by atoms with Crippen molar-refractivity contribution >= 4 is 58.8 Å². The van der Waals surface area contributed by atoms with E-state index in [0.29, 0.717) is 28.5 Å². The lowest BCUT2D eigenvalue weighted by atomic mass is 10.1. The SMILES string of the molecule is COc1ccccc1N1CCC(CN=C(N)NC(C)c2ccc(Cl)cc2Cl)C1.I. The van der Waals surface area contributed by atoms with Crippen LogP contribution in [-0.4, -0.2) is 32.7 Å². The fourth-order valence-electron chi connectivity index (χ4n) is 3.52. The Morgan fingerprint density at radius 3 is 2.79 bits per heavy atom. The van der Waals surface area contributed by atoms with Crippen molar-refractivity contribution in [3.05, 3.63) is 58.1 Å². The molecule has 158 valence electrons. The Balaban J connectivity index is 0.00000300. The Hall–Kier alpha value is -1.38. The van der Waals surface area contributed by atoms with Crippen LogP contribution in [0.1, 0.15) is 24.9 Å². The van der Waals surface area contributed by atoms with Crippen LogP contribution in [0.3, 0.4) is 0 Å². The Morgan fingerprint density at radius 1 is 1.31 bits per heavy atom. The summed E-state index contributed by atoms with van der Waals surface area (Å²) in [4.78, 5) is 6.89. The number of methoxy groups -OCH3 is 1. The molecule has 2 atom stereocenters. The topological polar surface area (TPSA) is 62.9 Å². The summed E-state index contributed by atoms with van der Waals surface area (Å²) >= 11 is 12.2. The van der Waals surface area contributed by atoms with Gasteiger partial charge in [0.15, 0.2) is 5.96 Å². The Kier molecular flexibility index (Phi) is 9.17. The second-order valence-electron chi connectivity index (χ2n) is 7.03. The Labute approximate surface area is 199 Å². The van der Waals surface area contributed by atoms with Crippen molar-refractivity contribution in [2.75, 3.05) is 31.6 Å². The highest BCUT2D eigenvalue weighted by molar-refractivity contribution is 14.0. The highest BCUT2D eigenvalue weighted by Gasteiger charge is 2.24. The molecule has 2 aromatic carbocycles. The van der Waals surface area contributed by atoms with E-state index in [1.54, 1.807) is 13.2 Å². The van der Waals surface area contributed by atoms with Crippen molar-refractivity contribution in [1.82, 2.24) is 5.32 Å². The van der Waals surface area contributed by atoms with Gasteiger partial charge in [-0.1, -0.05) is 41.4 Å². The zero-order valence-electron chi connectivity index (χ0n) is 16.6. The van der Waals surface area contributed by atoms with Gasteiger partial charge < -0.3 is 20.7 Å². The zero-order chi connectivity index (χ0) is 20.1. The number of aliphatic imine (C=N–C) groups is 1. The molecule has 8 heteroatoms. The van der Waals surface area contributed by atoms with Crippen LogP contribution in [0, 0.1) is 5.92 Å². The summed E-state index contributed by atoms with van der Waals surface area (Å²) in [5.74, 6) is 1.79. The molecule has 2 aromatic rings. The van der Waals surface area contributed by atoms with Crippen LogP contribution in [0.2, 0.25) is 10.0 Å². The van der Waals surface area contributed by atoms with E-state index >= 15 is 0 Å². The highest BCUT2D eigenvalue weighted by atomic mass is 127. The van der Waals surface area contributed by atoms with E-state index in [1.165, 1.54) is 0 Å². The van der Waals surface area contributed by atoms with Crippen molar-refractivity contribution in [3.63, 3.8) is 0 Å². The molecule has 0 spiro atoms. The number of guanidine groups is 1. The lowest BCUT2D eigenvalue weighted by molar-refractivity contribution is 0.414. The van der Waals surface area contributed by atoms with E-state index < -0.39 is 0 Å². The smallest absolute Gasteiger partial charge is 0.189 e. The predicted octanol–water partition coefficient (Wildman–Crippen LogP) is 5.11. The van der Waals surface area contributed by atoms with Crippen molar-refractivity contribution in [3.8, 4) is 5.75 Å². The number of anilines is 1. The van der Waals surface area contributed by atoms with Gasteiger partial charge in [-0.05, 0) is 49.1 Å². The monoisotopic (exact) mass is 548 g/mol. The van der Waals surface area contributed by atoms with Gasteiger partial charge in [0.05, 0.1) is 18.8 Å². The summed E-state index contributed by atoms with van der Waals surface area (Å²) in [6.45, 7) is 4.61. The van der Waals surface area contributed by atoms with Gasteiger partial charge in [0.1, 0.15) is 5.75 Å². The van der Waals surface area contributed by atoms with Gasteiger partial charge in [-0.25, -0.2) is 0 Å². The third-order valence-corrected chi connectivity index (χ3v) is 5.59. The van der Waals surface area contributed by atoms with Gasteiger partial charge in [0, 0.05) is 29.7 Å². The van der Waals surface area contributed by atoms with Gasteiger partial charge >= 0.3 is 0 Å². The number of hydrogen-bond acceptors (Lipinski definition) is 3. The first-order valence-corrected chi connectivity index (χ1v) is 10.1. The number of rotatable bonds is 6. The molecule has 0 saturated carbocycles. The molecule has 2 unspecified atom stereocenters. The normalized spacial score (nSPS) is 17.6. The molecule has 0 radical (unpaired) electrons. The van der Waals surface area contributed by atoms with Crippen molar-refractivity contribution < 1.29 is 4.74 Å². The summed E-state index contributed by atoms with van der Waals surface area (Å²) in [5, 5.41) is 4.44. The highest BCUT2D eigenvalue weighted by Crippen LogP contribution is 2.32. The third kappa shape index (κ3) is 6.30. The molecule has 1 fully saturated rings. The van der Waals surface area contributed by atoms with E-state index in [9.17, 15) is 0 Å². The molecule has 5 nitrogen and oxygen atoms in total. The number of halogens is 3. The molecule has 0 aromatic heterocycles. The van der Waals surface area contributed by atoms with Crippen LogP contribution in [0.25, 0.3) is 0 Å². The first-order valence-electron chi connectivity index (χ1n) is 9.37. The van der Waals surface area contributed by atoms with Crippen LogP contribution in [0.15, 0.2) is 47.5 Å². The maximum atomic E-state index is 6.27. The molecule has 1 aliphatic heterocycles. The van der Waals surface area contributed by atoms with Crippen LogP contribution in [0.4, 0.5) is 5.69 Å². The summed E-state index contributed by atoms with van der Waals surface area (Å²) in [6, 6.07) is 13.5. The third-order valence-electron chi connectivity index (χ3n) is 5.02. The van der Waals surface area contributed by atoms with Crippen LogP contribution >= 0.6 is 47.2 Å². The van der Waals surface area contributed by atoms with Gasteiger partial charge in [-0.15, -0.1) is 24.0 Å². The summed E-state index contributed by atoms with van der Waals surface area (Å²) < 4.78 is 5.48. The summed E-state index contributed by atoms with van der Waals surface area (Å²) in [7, 11) is 1.71. The molecule has 1 saturated heterocycles. The van der Waals surface area contributed by atoms with E-state index in [2.05, 4.69) is 21.3 Å². The largest absolute Gasteiger partial charge is 0.495 e. The van der Waals surface area contributed by atoms with Crippen LogP contribution in [-0.2, 0) is 0 Å². The summed E-state index contributed by atoms with van der Waals surface area (Å²) in [6.07, 6.45) is 1.08. The molecule has 1 heterocycles. The number of ether oxygens (including phenoxy) is 1.